The minimum absolute atomic E-state index is 0.0804. The molecule has 0 amide bonds. The molecule has 0 unspecified atom stereocenters. The first-order valence-electron chi connectivity index (χ1n) is 4.73. The minimum atomic E-state index is 0.0804. The van der Waals surface area contributed by atoms with E-state index in [4.69, 9.17) is 5.73 Å². The van der Waals surface area contributed by atoms with E-state index in [1.54, 1.807) is 0 Å². The van der Waals surface area contributed by atoms with Gasteiger partial charge in [0.2, 0.25) is 0 Å². The molecule has 1 atom stereocenters. The van der Waals surface area contributed by atoms with Gasteiger partial charge in [-0.05, 0) is 47.2 Å². The van der Waals surface area contributed by atoms with E-state index in [-0.39, 0.29) is 6.04 Å². The number of hydrogen-bond donors (Lipinski definition) is 1. The molecule has 1 heterocycles. The van der Waals surface area contributed by atoms with Crippen LogP contribution in [0, 0.1) is 3.57 Å². The highest BCUT2D eigenvalue weighted by molar-refractivity contribution is 14.1. The summed E-state index contributed by atoms with van der Waals surface area (Å²) >= 11 is 2.24. The Labute approximate surface area is 102 Å². The molecule has 0 aliphatic rings. The molecule has 2 aromatic rings. The van der Waals surface area contributed by atoms with Gasteiger partial charge in [0.05, 0.1) is 15.5 Å². The van der Waals surface area contributed by atoms with E-state index >= 15 is 0 Å². The number of hydrogen-bond acceptors (Lipinski definition) is 2. The molecular weight excluding hydrogens is 301 g/mol. The average Bonchev–Trinajstić information content (AvgIpc) is 2.65. The minimum Gasteiger partial charge on any atom is -0.324 e. The predicted molar refractivity (Wildman–Crippen MR) is 68.9 cm³/mol. The van der Waals surface area contributed by atoms with E-state index in [2.05, 4.69) is 27.7 Å². The molecule has 1 aromatic heterocycles. The Hall–Kier alpha value is -0.880. The van der Waals surface area contributed by atoms with Gasteiger partial charge in [0.15, 0.2) is 0 Å². The summed E-state index contributed by atoms with van der Waals surface area (Å²) in [5.41, 5.74) is 7.98. The summed E-state index contributed by atoms with van der Waals surface area (Å²) in [5, 5.41) is 4.24. The maximum absolute atomic E-state index is 5.78. The fourth-order valence-corrected chi connectivity index (χ4v) is 1.76. The van der Waals surface area contributed by atoms with Gasteiger partial charge in [0.1, 0.15) is 0 Å². The van der Waals surface area contributed by atoms with E-state index in [1.165, 1.54) is 0 Å². The zero-order chi connectivity index (χ0) is 10.8. The van der Waals surface area contributed by atoms with Crippen LogP contribution in [0.2, 0.25) is 0 Å². The molecule has 78 valence electrons. The van der Waals surface area contributed by atoms with E-state index in [1.807, 2.05) is 48.3 Å². The van der Waals surface area contributed by atoms with Crippen molar-refractivity contribution in [1.82, 2.24) is 9.78 Å². The SMILES string of the molecule is C[C@@H](N)c1ccc(-n2cc(I)cn2)cc1. The van der Waals surface area contributed by atoms with Gasteiger partial charge in [-0.3, -0.25) is 0 Å². The molecule has 1 aromatic carbocycles. The van der Waals surface area contributed by atoms with Crippen LogP contribution in [0.5, 0.6) is 0 Å². The number of nitrogens with zero attached hydrogens (tertiary/aromatic N) is 2. The molecule has 0 saturated heterocycles. The zero-order valence-electron chi connectivity index (χ0n) is 8.39. The summed E-state index contributed by atoms with van der Waals surface area (Å²) < 4.78 is 2.98. The summed E-state index contributed by atoms with van der Waals surface area (Å²) in [6.07, 6.45) is 3.82. The van der Waals surface area contributed by atoms with Crippen LogP contribution in [-0.4, -0.2) is 9.78 Å². The van der Waals surface area contributed by atoms with Crippen LogP contribution >= 0.6 is 22.6 Å². The third-order valence-electron chi connectivity index (χ3n) is 2.23. The molecule has 2 N–H and O–H groups in total. The molecule has 15 heavy (non-hydrogen) atoms. The Bertz CT molecular complexity index is 445. The third-order valence-corrected chi connectivity index (χ3v) is 2.79. The Balaban J connectivity index is 2.31. The summed E-state index contributed by atoms with van der Waals surface area (Å²) in [4.78, 5) is 0. The molecule has 0 fully saturated rings. The smallest absolute Gasteiger partial charge is 0.0646 e. The first-order chi connectivity index (χ1) is 7.16. The first kappa shape index (κ1) is 10.6. The second-order valence-electron chi connectivity index (χ2n) is 3.48. The van der Waals surface area contributed by atoms with Gasteiger partial charge in [-0.1, -0.05) is 12.1 Å². The highest BCUT2D eigenvalue weighted by Crippen LogP contribution is 2.14. The lowest BCUT2D eigenvalue weighted by molar-refractivity contribution is 0.814. The molecule has 0 saturated carbocycles. The molecule has 0 bridgehead atoms. The number of halogens is 1. The van der Waals surface area contributed by atoms with Crippen molar-refractivity contribution in [1.29, 1.82) is 0 Å². The normalized spacial score (nSPS) is 12.7. The molecule has 2 rings (SSSR count). The fourth-order valence-electron chi connectivity index (χ4n) is 1.37. The van der Waals surface area contributed by atoms with Gasteiger partial charge in [-0.25, -0.2) is 4.68 Å². The first-order valence-corrected chi connectivity index (χ1v) is 5.81. The molecule has 0 aliphatic carbocycles. The molecule has 0 aliphatic heterocycles. The Morgan fingerprint density at radius 3 is 2.47 bits per heavy atom. The maximum Gasteiger partial charge on any atom is 0.0646 e. The van der Waals surface area contributed by atoms with Gasteiger partial charge >= 0.3 is 0 Å². The lowest BCUT2D eigenvalue weighted by Crippen LogP contribution is -2.05. The quantitative estimate of drug-likeness (QED) is 0.866. The molecule has 4 heteroatoms. The van der Waals surface area contributed by atoms with E-state index in [9.17, 15) is 0 Å². The lowest BCUT2D eigenvalue weighted by Gasteiger charge is -2.06. The average molecular weight is 313 g/mol. The van der Waals surface area contributed by atoms with Crippen molar-refractivity contribution in [3.8, 4) is 5.69 Å². The maximum atomic E-state index is 5.78. The van der Waals surface area contributed by atoms with Crippen molar-refractivity contribution in [3.63, 3.8) is 0 Å². The predicted octanol–water partition coefficient (Wildman–Crippen LogP) is 2.50. The number of aromatic nitrogens is 2. The topological polar surface area (TPSA) is 43.8 Å². The van der Waals surface area contributed by atoms with Crippen LogP contribution in [0.15, 0.2) is 36.7 Å². The summed E-state index contributed by atoms with van der Waals surface area (Å²) in [6.45, 7) is 1.98. The van der Waals surface area contributed by atoms with Crippen molar-refractivity contribution in [2.45, 2.75) is 13.0 Å². The third kappa shape index (κ3) is 2.38. The fraction of sp³-hybridized carbons (Fsp3) is 0.182. The Morgan fingerprint density at radius 2 is 2.00 bits per heavy atom. The van der Waals surface area contributed by atoms with Crippen LogP contribution in [0.3, 0.4) is 0 Å². The molecule has 0 radical (unpaired) electrons. The van der Waals surface area contributed by atoms with Crippen LogP contribution in [0.1, 0.15) is 18.5 Å². The standard InChI is InChI=1S/C11H12IN3/c1-8(13)9-2-4-11(5-3-9)15-7-10(12)6-14-15/h2-8H,13H2,1H3/t8-/m1/s1. The van der Waals surface area contributed by atoms with Crippen molar-refractivity contribution in [2.24, 2.45) is 5.73 Å². The Kier molecular flexibility index (Phi) is 3.06. The second kappa shape index (κ2) is 4.32. The van der Waals surface area contributed by atoms with Gasteiger partial charge in [-0.2, -0.15) is 5.10 Å². The van der Waals surface area contributed by atoms with Gasteiger partial charge < -0.3 is 5.73 Å². The van der Waals surface area contributed by atoms with E-state index in [0.29, 0.717) is 0 Å². The monoisotopic (exact) mass is 313 g/mol. The lowest BCUT2D eigenvalue weighted by atomic mass is 10.1. The second-order valence-corrected chi connectivity index (χ2v) is 4.73. The van der Waals surface area contributed by atoms with Crippen LogP contribution in [0.4, 0.5) is 0 Å². The number of nitrogens with two attached hydrogens (primary N) is 1. The summed E-state index contributed by atoms with van der Waals surface area (Å²) in [6, 6.07) is 8.21. The van der Waals surface area contributed by atoms with Crippen molar-refractivity contribution in [2.75, 3.05) is 0 Å². The van der Waals surface area contributed by atoms with Crippen LogP contribution in [-0.2, 0) is 0 Å². The largest absolute Gasteiger partial charge is 0.324 e. The molecular formula is C11H12IN3. The van der Waals surface area contributed by atoms with Gasteiger partial charge in [0, 0.05) is 12.2 Å². The van der Waals surface area contributed by atoms with Crippen LogP contribution in [0.25, 0.3) is 5.69 Å². The summed E-state index contributed by atoms with van der Waals surface area (Å²) in [7, 11) is 0. The van der Waals surface area contributed by atoms with Crippen molar-refractivity contribution < 1.29 is 0 Å². The van der Waals surface area contributed by atoms with E-state index < -0.39 is 0 Å². The highest BCUT2D eigenvalue weighted by Gasteiger charge is 2.01. The van der Waals surface area contributed by atoms with Gasteiger partial charge in [0.25, 0.3) is 0 Å². The van der Waals surface area contributed by atoms with Crippen LogP contribution < -0.4 is 5.73 Å². The van der Waals surface area contributed by atoms with Gasteiger partial charge in [-0.15, -0.1) is 0 Å². The highest BCUT2D eigenvalue weighted by atomic mass is 127. The van der Waals surface area contributed by atoms with Crippen molar-refractivity contribution in [3.05, 3.63) is 45.8 Å². The summed E-state index contributed by atoms with van der Waals surface area (Å²) in [5.74, 6) is 0. The Morgan fingerprint density at radius 1 is 1.33 bits per heavy atom. The van der Waals surface area contributed by atoms with E-state index in [0.717, 1.165) is 14.8 Å². The molecule has 0 spiro atoms. The molecule has 3 nitrogen and oxygen atoms in total. The number of benzene rings is 1. The number of rotatable bonds is 2. The van der Waals surface area contributed by atoms with Crippen molar-refractivity contribution >= 4 is 22.6 Å². The zero-order valence-corrected chi connectivity index (χ0v) is 10.5.